The molecule has 1 unspecified atom stereocenters. The number of fused-ring (bicyclic) bond motifs is 1. The van der Waals surface area contributed by atoms with E-state index in [0.29, 0.717) is 5.56 Å². The third-order valence-corrected chi connectivity index (χ3v) is 4.29. The summed E-state index contributed by atoms with van der Waals surface area (Å²) in [4.78, 5) is 0. The van der Waals surface area contributed by atoms with E-state index in [9.17, 15) is 4.39 Å². The van der Waals surface area contributed by atoms with Crippen LogP contribution in [-0.4, -0.2) is 0 Å². The molecule has 0 radical (unpaired) electrons. The van der Waals surface area contributed by atoms with E-state index in [-0.39, 0.29) is 11.9 Å². The summed E-state index contributed by atoms with van der Waals surface area (Å²) in [5.41, 5.74) is 11.7. The molecule has 1 atom stereocenters. The van der Waals surface area contributed by atoms with E-state index in [1.807, 2.05) is 6.07 Å². The van der Waals surface area contributed by atoms with Crippen molar-refractivity contribution >= 4 is 0 Å². The quantitative estimate of drug-likeness (QED) is 0.874. The summed E-state index contributed by atoms with van der Waals surface area (Å²) >= 11 is 0. The van der Waals surface area contributed by atoms with Crippen LogP contribution in [-0.2, 0) is 12.8 Å². The fourth-order valence-electron chi connectivity index (χ4n) is 2.94. The normalized spacial score (nSPS) is 15.8. The molecule has 0 heterocycles. The van der Waals surface area contributed by atoms with Crippen LogP contribution < -0.4 is 5.73 Å². The first-order valence-electron chi connectivity index (χ1n) is 7.28. The van der Waals surface area contributed by atoms with Crippen molar-refractivity contribution in [3.05, 3.63) is 70.0 Å². The zero-order valence-corrected chi connectivity index (χ0v) is 11.8. The molecule has 0 amide bonds. The average Bonchev–Trinajstić information content (AvgIpc) is 2.49. The molecular formula is C18H20FN. The predicted octanol–water partition coefficient (Wildman–Crippen LogP) is 4.06. The Morgan fingerprint density at radius 3 is 2.35 bits per heavy atom. The highest BCUT2D eigenvalue weighted by Crippen LogP contribution is 2.27. The van der Waals surface area contributed by atoms with Crippen molar-refractivity contribution in [3.63, 3.8) is 0 Å². The number of aryl methyl sites for hydroxylation is 3. The van der Waals surface area contributed by atoms with Crippen LogP contribution in [0.25, 0.3) is 0 Å². The number of nitrogens with two attached hydrogens (primary N) is 1. The van der Waals surface area contributed by atoms with Gasteiger partial charge in [-0.1, -0.05) is 30.3 Å². The van der Waals surface area contributed by atoms with Crippen molar-refractivity contribution < 1.29 is 4.39 Å². The molecule has 1 nitrogen and oxygen atoms in total. The third-order valence-electron chi connectivity index (χ3n) is 4.29. The lowest BCUT2D eigenvalue weighted by Gasteiger charge is -2.19. The number of rotatable bonds is 2. The van der Waals surface area contributed by atoms with Gasteiger partial charge in [-0.15, -0.1) is 0 Å². The Morgan fingerprint density at radius 1 is 0.950 bits per heavy atom. The van der Waals surface area contributed by atoms with Crippen molar-refractivity contribution in [2.24, 2.45) is 5.73 Å². The summed E-state index contributed by atoms with van der Waals surface area (Å²) in [7, 11) is 0. The maximum absolute atomic E-state index is 13.7. The summed E-state index contributed by atoms with van der Waals surface area (Å²) in [6.07, 6.45) is 4.84. The van der Waals surface area contributed by atoms with Gasteiger partial charge < -0.3 is 5.73 Å². The molecule has 2 aromatic rings. The standard InChI is InChI=1S/C18H20FN/c1-12-6-7-16(11-17(12)19)18(20)15-9-8-13-4-2-3-5-14(13)10-15/h6-11,18H,2-5,20H2,1H3. The number of hydrogen-bond acceptors (Lipinski definition) is 1. The Hall–Kier alpha value is -1.67. The second-order valence-corrected chi connectivity index (χ2v) is 5.72. The lowest BCUT2D eigenvalue weighted by atomic mass is 9.88. The number of benzene rings is 2. The second kappa shape index (κ2) is 5.37. The highest BCUT2D eigenvalue weighted by atomic mass is 19.1. The predicted molar refractivity (Wildman–Crippen MR) is 80.3 cm³/mol. The Labute approximate surface area is 119 Å². The van der Waals surface area contributed by atoms with Gasteiger partial charge in [0, 0.05) is 0 Å². The average molecular weight is 269 g/mol. The first-order chi connectivity index (χ1) is 9.65. The molecular weight excluding hydrogens is 249 g/mol. The van der Waals surface area contributed by atoms with E-state index in [1.54, 1.807) is 19.1 Å². The first kappa shape index (κ1) is 13.3. The van der Waals surface area contributed by atoms with E-state index >= 15 is 0 Å². The van der Waals surface area contributed by atoms with Gasteiger partial charge in [-0.05, 0) is 66.5 Å². The Morgan fingerprint density at radius 2 is 1.60 bits per heavy atom. The fourth-order valence-corrected chi connectivity index (χ4v) is 2.94. The van der Waals surface area contributed by atoms with Crippen LogP contribution in [0, 0.1) is 12.7 Å². The molecule has 0 aromatic heterocycles. The minimum absolute atomic E-state index is 0.184. The molecule has 0 fully saturated rings. The van der Waals surface area contributed by atoms with E-state index in [0.717, 1.165) is 17.5 Å². The molecule has 3 rings (SSSR count). The molecule has 1 aliphatic rings. The maximum atomic E-state index is 13.7. The van der Waals surface area contributed by atoms with Crippen molar-refractivity contribution in [2.75, 3.05) is 0 Å². The summed E-state index contributed by atoms with van der Waals surface area (Å²) in [6.45, 7) is 1.77. The molecule has 0 aliphatic heterocycles. The van der Waals surface area contributed by atoms with Gasteiger partial charge in [0.05, 0.1) is 6.04 Å². The number of halogens is 1. The minimum Gasteiger partial charge on any atom is -0.320 e. The summed E-state index contributed by atoms with van der Waals surface area (Å²) < 4.78 is 13.7. The molecule has 2 aromatic carbocycles. The summed E-state index contributed by atoms with van der Waals surface area (Å²) in [5, 5.41) is 0. The highest BCUT2D eigenvalue weighted by Gasteiger charge is 2.14. The maximum Gasteiger partial charge on any atom is 0.126 e. The van der Waals surface area contributed by atoms with Gasteiger partial charge in [0.15, 0.2) is 0 Å². The molecule has 104 valence electrons. The smallest absolute Gasteiger partial charge is 0.126 e. The van der Waals surface area contributed by atoms with Gasteiger partial charge in [0.1, 0.15) is 5.82 Å². The zero-order chi connectivity index (χ0) is 14.1. The Balaban J connectivity index is 1.93. The van der Waals surface area contributed by atoms with Crippen LogP contribution >= 0.6 is 0 Å². The molecule has 20 heavy (non-hydrogen) atoms. The fraction of sp³-hybridized carbons (Fsp3) is 0.333. The minimum atomic E-state index is -0.252. The molecule has 0 spiro atoms. The van der Waals surface area contributed by atoms with Crippen LogP contribution in [0.5, 0.6) is 0 Å². The van der Waals surface area contributed by atoms with Gasteiger partial charge in [0.25, 0.3) is 0 Å². The van der Waals surface area contributed by atoms with Gasteiger partial charge in [-0.2, -0.15) is 0 Å². The zero-order valence-electron chi connectivity index (χ0n) is 11.8. The Kier molecular flexibility index (Phi) is 3.58. The molecule has 0 bridgehead atoms. The summed E-state index contributed by atoms with van der Waals surface area (Å²) in [5.74, 6) is -0.184. The second-order valence-electron chi connectivity index (χ2n) is 5.72. The Bertz CT molecular complexity index is 633. The lowest BCUT2D eigenvalue weighted by molar-refractivity contribution is 0.614. The van der Waals surface area contributed by atoms with E-state index < -0.39 is 0 Å². The molecule has 1 aliphatic carbocycles. The van der Waals surface area contributed by atoms with Crippen LogP contribution in [0.4, 0.5) is 4.39 Å². The van der Waals surface area contributed by atoms with Crippen molar-refractivity contribution in [2.45, 2.75) is 38.6 Å². The van der Waals surface area contributed by atoms with Crippen molar-refractivity contribution in [1.29, 1.82) is 0 Å². The van der Waals surface area contributed by atoms with Crippen LogP contribution in [0.2, 0.25) is 0 Å². The first-order valence-corrected chi connectivity index (χ1v) is 7.28. The molecule has 0 saturated heterocycles. The van der Waals surface area contributed by atoms with E-state index in [1.165, 1.54) is 30.4 Å². The van der Waals surface area contributed by atoms with Gasteiger partial charge >= 0.3 is 0 Å². The highest BCUT2D eigenvalue weighted by molar-refractivity contribution is 5.39. The van der Waals surface area contributed by atoms with Crippen LogP contribution in [0.3, 0.4) is 0 Å². The van der Waals surface area contributed by atoms with Gasteiger partial charge in [-0.25, -0.2) is 4.39 Å². The molecule has 0 saturated carbocycles. The van der Waals surface area contributed by atoms with E-state index in [4.69, 9.17) is 5.73 Å². The monoisotopic (exact) mass is 269 g/mol. The SMILES string of the molecule is Cc1ccc(C(N)c2ccc3c(c2)CCCC3)cc1F. The van der Waals surface area contributed by atoms with Crippen LogP contribution in [0.15, 0.2) is 36.4 Å². The lowest BCUT2D eigenvalue weighted by Crippen LogP contribution is -2.14. The van der Waals surface area contributed by atoms with E-state index in [2.05, 4.69) is 18.2 Å². The molecule has 2 N–H and O–H groups in total. The van der Waals surface area contributed by atoms with Crippen LogP contribution in [0.1, 0.15) is 46.7 Å². The largest absolute Gasteiger partial charge is 0.320 e. The van der Waals surface area contributed by atoms with Crippen molar-refractivity contribution in [1.82, 2.24) is 0 Å². The number of hydrogen-bond donors (Lipinski definition) is 1. The van der Waals surface area contributed by atoms with Gasteiger partial charge in [-0.3, -0.25) is 0 Å². The summed E-state index contributed by atoms with van der Waals surface area (Å²) in [6, 6.07) is 11.5. The van der Waals surface area contributed by atoms with Crippen molar-refractivity contribution in [3.8, 4) is 0 Å². The third kappa shape index (κ3) is 2.48. The molecule has 2 heteroatoms. The van der Waals surface area contributed by atoms with Gasteiger partial charge in [0.2, 0.25) is 0 Å². The topological polar surface area (TPSA) is 26.0 Å².